The van der Waals surface area contributed by atoms with Crippen molar-refractivity contribution in [3.8, 4) is 0 Å². The van der Waals surface area contributed by atoms with Gasteiger partial charge in [-0.05, 0) is 0 Å². The van der Waals surface area contributed by atoms with Gasteiger partial charge in [-0.25, -0.2) is 5.48 Å². The Morgan fingerprint density at radius 1 is 1.86 bits per heavy atom. The Balaban J connectivity index is 2.42. The molecule has 38 valence electrons. The van der Waals surface area contributed by atoms with Gasteiger partial charge in [0.05, 0.1) is 6.20 Å². The fraction of sp³-hybridized carbons (Fsp3) is 0. The molecule has 0 unspecified atom stereocenters. The molecule has 0 radical (unpaired) electrons. The maximum absolute atomic E-state index is 9.72. The maximum Gasteiger partial charge on any atom is 0.239 e. The lowest BCUT2D eigenvalue weighted by Crippen LogP contribution is -2.14. The molecule has 0 saturated heterocycles. The van der Waals surface area contributed by atoms with Crippen LogP contribution in [0.3, 0.4) is 0 Å². The summed E-state index contributed by atoms with van der Waals surface area (Å²) in [5, 5.41) is 1.01. The molecular weight excluding hydrogens is 96.0 g/mol. The van der Waals surface area contributed by atoms with Crippen molar-refractivity contribution >= 4 is 6.41 Å². The molecule has 4 heteroatoms. The van der Waals surface area contributed by atoms with Gasteiger partial charge in [0.15, 0.2) is 0 Å². The summed E-state index contributed by atoms with van der Waals surface area (Å²) in [5.41, 5.74) is 2.34. The molecule has 0 atom stereocenters. The van der Waals surface area contributed by atoms with E-state index in [4.69, 9.17) is 0 Å². The van der Waals surface area contributed by atoms with Gasteiger partial charge >= 0.3 is 0 Å². The number of hydrogen-bond acceptors (Lipinski definition) is 3. The minimum Gasteiger partial charge on any atom is -0.276 e. The van der Waals surface area contributed by atoms with Crippen LogP contribution >= 0.6 is 0 Å². The van der Waals surface area contributed by atoms with Crippen molar-refractivity contribution in [3.63, 3.8) is 0 Å². The average Bonchev–Trinajstić information content (AvgIpc) is 2.14. The Hall–Kier alpha value is -1.03. The van der Waals surface area contributed by atoms with Crippen molar-refractivity contribution in [1.29, 1.82) is 0 Å². The second-order valence-electron chi connectivity index (χ2n) is 0.990. The van der Waals surface area contributed by atoms with E-state index in [2.05, 4.69) is 10.4 Å². The Morgan fingerprint density at radius 2 is 2.71 bits per heavy atom. The molecule has 0 aromatic rings. The monoisotopic (exact) mass is 100 g/mol. The molecule has 1 heterocycles. The van der Waals surface area contributed by atoms with Crippen LogP contribution in [0.5, 0.6) is 0 Å². The van der Waals surface area contributed by atoms with Crippen LogP contribution in [0.1, 0.15) is 0 Å². The van der Waals surface area contributed by atoms with Crippen LogP contribution < -0.4 is 5.48 Å². The summed E-state index contributed by atoms with van der Waals surface area (Å²) >= 11 is 0. The number of hydrogen-bond donors (Lipinski definition) is 1. The van der Waals surface area contributed by atoms with Gasteiger partial charge in [-0.2, -0.15) is 5.06 Å². The highest BCUT2D eigenvalue weighted by Gasteiger charge is 1.98. The smallest absolute Gasteiger partial charge is 0.239 e. The van der Waals surface area contributed by atoms with E-state index < -0.39 is 0 Å². The molecule has 0 aliphatic carbocycles. The average molecular weight is 100 g/mol. The molecule has 1 aliphatic heterocycles. The number of carbonyl (C=O) groups is 1. The topological polar surface area (TPSA) is 41.6 Å². The van der Waals surface area contributed by atoms with Crippen molar-refractivity contribution in [3.05, 3.63) is 12.4 Å². The van der Waals surface area contributed by atoms with Crippen molar-refractivity contribution < 1.29 is 9.73 Å². The van der Waals surface area contributed by atoms with Gasteiger partial charge in [-0.1, -0.05) is 0 Å². The molecular formula is C3H4N2O2. The summed E-state index contributed by atoms with van der Waals surface area (Å²) in [7, 11) is 0. The molecule has 4 nitrogen and oxygen atoms in total. The summed E-state index contributed by atoms with van der Waals surface area (Å²) in [5.74, 6) is 0. The standard InChI is InChI=1S/C3H4N2O2/c6-3-5-2-1-4-7-5/h1-4H. The summed E-state index contributed by atoms with van der Waals surface area (Å²) < 4.78 is 0. The third-order valence-electron chi connectivity index (χ3n) is 0.552. The van der Waals surface area contributed by atoms with Crippen LogP contribution in [0.2, 0.25) is 0 Å². The zero-order valence-electron chi connectivity index (χ0n) is 3.50. The van der Waals surface area contributed by atoms with Crippen LogP contribution in [0.4, 0.5) is 0 Å². The van der Waals surface area contributed by atoms with E-state index in [1.807, 2.05) is 0 Å². The van der Waals surface area contributed by atoms with E-state index in [1.54, 1.807) is 0 Å². The first kappa shape index (κ1) is 4.14. The summed E-state index contributed by atoms with van der Waals surface area (Å²) in [6.07, 6.45) is 3.53. The molecule has 1 rings (SSSR count). The molecule has 0 spiro atoms. The largest absolute Gasteiger partial charge is 0.276 e. The normalized spacial score (nSPS) is 16.9. The molecule has 0 aromatic heterocycles. The predicted octanol–water partition coefficient (Wildman–Crippen LogP) is -0.634. The number of nitrogens with one attached hydrogen (secondary N) is 1. The molecule has 1 aliphatic rings. The second-order valence-corrected chi connectivity index (χ2v) is 0.990. The van der Waals surface area contributed by atoms with Crippen molar-refractivity contribution in [1.82, 2.24) is 10.5 Å². The SMILES string of the molecule is O=CN1C=CNO1. The lowest BCUT2D eigenvalue weighted by molar-refractivity contribution is -0.163. The lowest BCUT2D eigenvalue weighted by Gasteiger charge is -1.98. The van der Waals surface area contributed by atoms with Crippen molar-refractivity contribution in [2.45, 2.75) is 0 Å². The van der Waals surface area contributed by atoms with E-state index in [-0.39, 0.29) is 0 Å². The van der Waals surface area contributed by atoms with Crippen molar-refractivity contribution in [2.75, 3.05) is 0 Å². The van der Waals surface area contributed by atoms with Gasteiger partial charge in [-0.15, -0.1) is 4.94 Å². The Labute approximate surface area is 40.3 Å². The van der Waals surface area contributed by atoms with Crippen molar-refractivity contribution in [2.24, 2.45) is 0 Å². The van der Waals surface area contributed by atoms with E-state index in [0.717, 1.165) is 5.06 Å². The Bertz CT molecular complexity index is 101. The van der Waals surface area contributed by atoms with E-state index in [1.165, 1.54) is 12.4 Å². The molecule has 1 amide bonds. The van der Waals surface area contributed by atoms with Gasteiger partial charge in [0.25, 0.3) is 0 Å². The number of rotatable bonds is 1. The van der Waals surface area contributed by atoms with Gasteiger partial charge in [-0.3, -0.25) is 4.79 Å². The summed E-state index contributed by atoms with van der Waals surface area (Å²) in [4.78, 5) is 14.1. The highest BCUT2D eigenvalue weighted by atomic mass is 16.8. The number of hydroxylamine groups is 3. The van der Waals surface area contributed by atoms with Gasteiger partial charge in [0.2, 0.25) is 6.41 Å². The zero-order chi connectivity index (χ0) is 5.11. The first-order valence-corrected chi connectivity index (χ1v) is 1.76. The fourth-order valence-corrected chi connectivity index (χ4v) is 0.282. The minimum atomic E-state index is 0.552. The number of nitrogens with zero attached hydrogens (tertiary/aromatic N) is 1. The fourth-order valence-electron chi connectivity index (χ4n) is 0.282. The van der Waals surface area contributed by atoms with Gasteiger partial charge in [0, 0.05) is 6.20 Å². The highest BCUT2D eigenvalue weighted by molar-refractivity contribution is 5.47. The minimum absolute atomic E-state index is 0.552. The number of carbonyl (C=O) groups excluding carboxylic acids is 1. The van der Waals surface area contributed by atoms with Crippen LogP contribution in [0, 0.1) is 0 Å². The van der Waals surface area contributed by atoms with E-state index in [9.17, 15) is 4.79 Å². The lowest BCUT2D eigenvalue weighted by atomic mass is 10.9. The predicted molar refractivity (Wildman–Crippen MR) is 21.3 cm³/mol. The van der Waals surface area contributed by atoms with Crippen LogP contribution in [-0.4, -0.2) is 11.5 Å². The maximum atomic E-state index is 9.72. The molecule has 1 N–H and O–H groups in total. The second kappa shape index (κ2) is 1.61. The molecule has 0 fully saturated rings. The number of amides is 1. The van der Waals surface area contributed by atoms with Crippen LogP contribution in [0.25, 0.3) is 0 Å². The third-order valence-corrected chi connectivity index (χ3v) is 0.552. The molecule has 0 saturated carbocycles. The first-order chi connectivity index (χ1) is 3.43. The van der Waals surface area contributed by atoms with E-state index in [0.29, 0.717) is 6.41 Å². The van der Waals surface area contributed by atoms with E-state index >= 15 is 0 Å². The quantitative estimate of drug-likeness (QED) is 0.446. The molecule has 7 heavy (non-hydrogen) atoms. The van der Waals surface area contributed by atoms with Crippen LogP contribution in [0.15, 0.2) is 12.4 Å². The molecule has 0 bridgehead atoms. The zero-order valence-corrected chi connectivity index (χ0v) is 3.50. The Morgan fingerprint density at radius 3 is 3.00 bits per heavy atom. The first-order valence-electron chi connectivity index (χ1n) is 1.76. The molecule has 0 aromatic carbocycles. The summed E-state index contributed by atoms with van der Waals surface area (Å²) in [6.45, 7) is 0. The van der Waals surface area contributed by atoms with Gasteiger partial charge < -0.3 is 0 Å². The highest BCUT2D eigenvalue weighted by Crippen LogP contribution is 1.88. The Kier molecular flexibility index (Phi) is 0.953. The summed E-state index contributed by atoms with van der Waals surface area (Å²) in [6, 6.07) is 0. The van der Waals surface area contributed by atoms with Crippen LogP contribution in [-0.2, 0) is 9.73 Å². The van der Waals surface area contributed by atoms with Gasteiger partial charge in [0.1, 0.15) is 0 Å². The third kappa shape index (κ3) is 0.690.